The van der Waals surface area contributed by atoms with Crippen LogP contribution < -0.4 is 10.2 Å². The Morgan fingerprint density at radius 3 is 2.90 bits per heavy atom. The van der Waals surface area contributed by atoms with E-state index in [0.29, 0.717) is 0 Å². The third-order valence-electron chi connectivity index (χ3n) is 3.86. The van der Waals surface area contributed by atoms with Gasteiger partial charge in [-0.1, -0.05) is 30.3 Å². The third-order valence-corrected chi connectivity index (χ3v) is 4.88. The second kappa shape index (κ2) is 4.84. The van der Waals surface area contributed by atoms with Crippen LogP contribution in [0.25, 0.3) is 10.1 Å². The molecule has 2 nitrogen and oxygen atoms in total. The lowest BCUT2D eigenvalue weighted by atomic mass is 10.1. The zero-order valence-electron chi connectivity index (χ0n) is 11.2. The molecule has 1 aliphatic rings. The van der Waals surface area contributed by atoms with E-state index in [1.165, 1.54) is 27.0 Å². The number of nitrogens with one attached hydrogen (secondary N) is 1. The summed E-state index contributed by atoms with van der Waals surface area (Å²) in [6.45, 7) is 3.06. The number of benzene rings is 2. The van der Waals surface area contributed by atoms with Gasteiger partial charge in [0.05, 0.1) is 11.4 Å². The molecule has 1 N–H and O–H groups in total. The molecule has 1 aromatic heterocycles. The zero-order valence-corrected chi connectivity index (χ0v) is 12.0. The Morgan fingerprint density at radius 2 is 1.90 bits per heavy atom. The average Bonchev–Trinajstić information content (AvgIpc) is 2.91. The van der Waals surface area contributed by atoms with E-state index in [2.05, 4.69) is 64.1 Å². The number of rotatable bonds is 2. The summed E-state index contributed by atoms with van der Waals surface area (Å²) in [5, 5.41) is 7.17. The predicted octanol–water partition coefficient (Wildman–Crippen LogP) is 4.33. The maximum absolute atomic E-state index is 3.47. The molecule has 0 unspecified atom stereocenters. The van der Waals surface area contributed by atoms with Gasteiger partial charge in [-0.05, 0) is 34.5 Å². The van der Waals surface area contributed by atoms with Crippen LogP contribution in [0.5, 0.6) is 0 Å². The molecule has 1 aliphatic heterocycles. The van der Waals surface area contributed by atoms with Crippen LogP contribution in [0.4, 0.5) is 11.4 Å². The second-order valence-electron chi connectivity index (χ2n) is 5.12. The number of nitrogens with zero attached hydrogens (tertiary/aromatic N) is 1. The number of thiophene rings is 1. The molecule has 0 aliphatic carbocycles. The number of para-hydroxylation sites is 2. The number of hydrogen-bond donors (Lipinski definition) is 1. The Morgan fingerprint density at radius 1 is 1.05 bits per heavy atom. The highest BCUT2D eigenvalue weighted by molar-refractivity contribution is 7.17. The summed E-state index contributed by atoms with van der Waals surface area (Å²) in [4.78, 5) is 2.47. The molecule has 0 atom stereocenters. The van der Waals surface area contributed by atoms with Gasteiger partial charge in [-0.15, -0.1) is 11.3 Å². The van der Waals surface area contributed by atoms with Gasteiger partial charge in [0, 0.05) is 24.3 Å². The molecule has 20 heavy (non-hydrogen) atoms. The van der Waals surface area contributed by atoms with Gasteiger partial charge in [0.1, 0.15) is 0 Å². The topological polar surface area (TPSA) is 15.3 Å². The molecule has 0 fully saturated rings. The van der Waals surface area contributed by atoms with E-state index in [4.69, 9.17) is 0 Å². The van der Waals surface area contributed by atoms with Crippen molar-refractivity contribution in [2.75, 3.05) is 23.3 Å². The Labute approximate surface area is 122 Å². The fourth-order valence-corrected chi connectivity index (χ4v) is 3.82. The van der Waals surface area contributed by atoms with E-state index in [-0.39, 0.29) is 0 Å². The van der Waals surface area contributed by atoms with Crippen LogP contribution in [-0.4, -0.2) is 13.1 Å². The Bertz CT molecular complexity index is 747. The van der Waals surface area contributed by atoms with Crippen LogP contribution in [-0.2, 0) is 6.54 Å². The summed E-state index contributed by atoms with van der Waals surface area (Å²) < 4.78 is 1.38. The molecule has 100 valence electrons. The monoisotopic (exact) mass is 280 g/mol. The normalized spacial score (nSPS) is 14.1. The molecule has 2 aromatic carbocycles. The third kappa shape index (κ3) is 1.95. The van der Waals surface area contributed by atoms with Crippen LogP contribution in [0.1, 0.15) is 5.56 Å². The van der Waals surface area contributed by atoms with E-state index in [1.807, 2.05) is 11.3 Å². The van der Waals surface area contributed by atoms with E-state index in [1.54, 1.807) is 0 Å². The molecule has 3 aromatic rings. The average molecular weight is 280 g/mol. The molecule has 0 saturated carbocycles. The Balaban J connectivity index is 1.70. The summed E-state index contributed by atoms with van der Waals surface area (Å²) in [5.74, 6) is 0. The van der Waals surface area contributed by atoms with E-state index in [9.17, 15) is 0 Å². The van der Waals surface area contributed by atoms with Gasteiger partial charge in [-0.2, -0.15) is 0 Å². The fourth-order valence-electron chi connectivity index (χ4n) is 2.87. The van der Waals surface area contributed by atoms with Gasteiger partial charge in [-0.3, -0.25) is 0 Å². The zero-order chi connectivity index (χ0) is 13.4. The van der Waals surface area contributed by atoms with Crippen LogP contribution in [0.3, 0.4) is 0 Å². The van der Waals surface area contributed by atoms with Gasteiger partial charge in [0.25, 0.3) is 0 Å². The first kappa shape index (κ1) is 11.8. The Hall–Kier alpha value is -2.00. The van der Waals surface area contributed by atoms with Crippen molar-refractivity contribution in [2.24, 2.45) is 0 Å². The lowest BCUT2D eigenvalue weighted by Gasteiger charge is -2.32. The number of hydrogen-bond acceptors (Lipinski definition) is 3. The van der Waals surface area contributed by atoms with Crippen LogP contribution in [0, 0.1) is 0 Å². The fraction of sp³-hybridized carbons (Fsp3) is 0.176. The van der Waals surface area contributed by atoms with Gasteiger partial charge in [0.15, 0.2) is 0 Å². The largest absolute Gasteiger partial charge is 0.382 e. The maximum Gasteiger partial charge on any atom is 0.0605 e. The smallest absolute Gasteiger partial charge is 0.0605 e. The van der Waals surface area contributed by atoms with Crippen LogP contribution in [0.2, 0.25) is 0 Å². The van der Waals surface area contributed by atoms with Crippen molar-refractivity contribution in [3.8, 4) is 0 Å². The molecular formula is C17H16N2S. The highest BCUT2D eigenvalue weighted by Crippen LogP contribution is 2.32. The van der Waals surface area contributed by atoms with Crippen molar-refractivity contribution < 1.29 is 0 Å². The van der Waals surface area contributed by atoms with Crippen molar-refractivity contribution in [3.63, 3.8) is 0 Å². The summed E-state index contributed by atoms with van der Waals surface area (Å²) in [7, 11) is 0. The minimum absolute atomic E-state index is 0.989. The van der Waals surface area contributed by atoms with E-state index in [0.717, 1.165) is 19.6 Å². The highest BCUT2D eigenvalue weighted by Gasteiger charge is 2.17. The van der Waals surface area contributed by atoms with Gasteiger partial charge < -0.3 is 10.2 Å². The predicted molar refractivity (Wildman–Crippen MR) is 87.8 cm³/mol. The Kier molecular flexibility index (Phi) is 2.85. The molecule has 2 heterocycles. The molecule has 4 rings (SSSR count). The number of fused-ring (bicyclic) bond motifs is 2. The van der Waals surface area contributed by atoms with Crippen molar-refractivity contribution >= 4 is 32.8 Å². The standard InChI is InChI=1S/C17H16N2S/c1-4-8-17-14(5-1)13(12-20-17)11-19-10-9-18-15-6-2-3-7-16(15)19/h1-8,12,18H,9-11H2. The van der Waals surface area contributed by atoms with Crippen LogP contribution in [0.15, 0.2) is 53.9 Å². The van der Waals surface area contributed by atoms with Crippen molar-refractivity contribution in [2.45, 2.75) is 6.54 Å². The summed E-state index contributed by atoms with van der Waals surface area (Å²) in [6, 6.07) is 17.3. The molecule has 0 amide bonds. The summed E-state index contributed by atoms with van der Waals surface area (Å²) in [5.41, 5.74) is 4.00. The van der Waals surface area contributed by atoms with E-state index >= 15 is 0 Å². The number of anilines is 2. The quantitative estimate of drug-likeness (QED) is 0.751. The maximum atomic E-state index is 3.47. The van der Waals surface area contributed by atoms with Gasteiger partial charge in [0.2, 0.25) is 0 Å². The van der Waals surface area contributed by atoms with Crippen LogP contribution >= 0.6 is 11.3 Å². The molecule has 0 spiro atoms. The molecular weight excluding hydrogens is 264 g/mol. The van der Waals surface area contributed by atoms with Crippen molar-refractivity contribution in [1.82, 2.24) is 0 Å². The van der Waals surface area contributed by atoms with Gasteiger partial charge in [-0.25, -0.2) is 0 Å². The van der Waals surface area contributed by atoms with Crippen molar-refractivity contribution in [1.29, 1.82) is 0 Å². The molecule has 0 bridgehead atoms. The summed E-state index contributed by atoms with van der Waals surface area (Å²) in [6.07, 6.45) is 0. The van der Waals surface area contributed by atoms with E-state index < -0.39 is 0 Å². The lowest BCUT2D eigenvalue weighted by Crippen LogP contribution is -2.33. The molecule has 0 radical (unpaired) electrons. The minimum atomic E-state index is 0.989. The first-order valence-corrected chi connectivity index (χ1v) is 7.83. The minimum Gasteiger partial charge on any atom is -0.382 e. The SMILES string of the molecule is c1ccc2c(c1)NCCN2Cc1csc2ccccc12. The highest BCUT2D eigenvalue weighted by atomic mass is 32.1. The first-order valence-electron chi connectivity index (χ1n) is 6.95. The summed E-state index contributed by atoms with van der Waals surface area (Å²) >= 11 is 1.84. The first-order chi connectivity index (χ1) is 9.92. The lowest BCUT2D eigenvalue weighted by molar-refractivity contribution is 0.792. The van der Waals surface area contributed by atoms with Gasteiger partial charge >= 0.3 is 0 Å². The molecule has 3 heteroatoms. The second-order valence-corrected chi connectivity index (χ2v) is 6.03. The van der Waals surface area contributed by atoms with Crippen molar-refractivity contribution in [3.05, 3.63) is 59.5 Å². The molecule has 0 saturated heterocycles.